The maximum Gasteiger partial charge on any atom is 0.331 e. The van der Waals surface area contributed by atoms with Crippen LogP contribution in [0.4, 0.5) is 0 Å². The molecule has 1 saturated heterocycles. The molecule has 3 atom stereocenters. The Kier molecular flexibility index (Phi) is 4.08. The van der Waals surface area contributed by atoms with E-state index in [0.29, 0.717) is 18.4 Å². The lowest BCUT2D eigenvalue weighted by atomic mass is 9.84. The molecule has 0 spiro atoms. The van der Waals surface area contributed by atoms with Crippen LogP contribution in [0, 0.1) is 11.8 Å². The molecule has 1 fully saturated rings. The Morgan fingerprint density at radius 3 is 2.84 bits per heavy atom. The summed E-state index contributed by atoms with van der Waals surface area (Å²) in [4.78, 5) is 22.8. The fourth-order valence-electron chi connectivity index (χ4n) is 2.82. The molecule has 1 heterocycles. The molecule has 0 bridgehead atoms. The van der Waals surface area contributed by atoms with E-state index in [1.165, 1.54) is 0 Å². The van der Waals surface area contributed by atoms with Gasteiger partial charge in [-0.3, -0.25) is 4.79 Å². The van der Waals surface area contributed by atoms with Crippen LogP contribution in [0.15, 0.2) is 23.3 Å². The van der Waals surface area contributed by atoms with E-state index in [0.717, 1.165) is 18.4 Å². The molecule has 0 aromatic heterocycles. The van der Waals surface area contributed by atoms with Crippen LogP contribution in [0.25, 0.3) is 0 Å². The average molecular weight is 264 g/mol. The van der Waals surface area contributed by atoms with E-state index in [9.17, 15) is 9.59 Å². The molecule has 1 N–H and O–H groups in total. The monoisotopic (exact) mass is 264 g/mol. The van der Waals surface area contributed by atoms with Gasteiger partial charge in [0.05, 0.1) is 5.92 Å². The van der Waals surface area contributed by atoms with E-state index < -0.39 is 5.97 Å². The van der Waals surface area contributed by atoms with Gasteiger partial charge in [0.1, 0.15) is 6.10 Å². The number of ether oxygens (including phenoxy) is 1. The molecule has 0 aromatic rings. The Morgan fingerprint density at radius 2 is 2.16 bits per heavy atom. The van der Waals surface area contributed by atoms with Crippen LogP contribution in [-0.4, -0.2) is 23.1 Å². The largest absolute Gasteiger partial charge is 0.478 e. The molecule has 2 aliphatic rings. The molecule has 0 saturated carbocycles. The molecular formula is C15H20O4. The lowest BCUT2D eigenvalue weighted by Crippen LogP contribution is -2.19. The quantitative estimate of drug-likeness (QED) is 0.584. The first-order valence-corrected chi connectivity index (χ1v) is 6.79. The minimum atomic E-state index is -0.850. The molecule has 19 heavy (non-hydrogen) atoms. The number of hydrogen-bond acceptors (Lipinski definition) is 3. The standard InChI is InChI=1S/C15H20O4/c1-9-4-3-5-11(14(16)17)6-7-12-10(2)15(18)19-13(12)8-9/h5,8,10,12-13H,3-4,6-7H2,1-2H3,(H,16,17)/b9-8+,11-5-/t10-,12-,13+/m0/s1. The summed E-state index contributed by atoms with van der Waals surface area (Å²) in [5.74, 6) is -1.08. The Morgan fingerprint density at radius 1 is 1.42 bits per heavy atom. The number of carbonyl (C=O) groups is 2. The number of allylic oxidation sites excluding steroid dienone is 2. The maximum absolute atomic E-state index is 11.7. The third-order valence-corrected chi connectivity index (χ3v) is 4.09. The molecule has 2 rings (SSSR count). The zero-order valence-corrected chi connectivity index (χ0v) is 11.4. The Labute approximate surface area is 113 Å². The topological polar surface area (TPSA) is 63.6 Å². The lowest BCUT2D eigenvalue weighted by Gasteiger charge is -2.19. The van der Waals surface area contributed by atoms with Gasteiger partial charge in [-0.05, 0) is 38.7 Å². The van der Waals surface area contributed by atoms with Crippen molar-refractivity contribution in [2.24, 2.45) is 11.8 Å². The summed E-state index contributed by atoms with van der Waals surface area (Å²) in [6.45, 7) is 3.87. The fraction of sp³-hybridized carbons (Fsp3) is 0.600. The van der Waals surface area contributed by atoms with Crippen molar-refractivity contribution in [3.05, 3.63) is 23.3 Å². The second-order valence-corrected chi connectivity index (χ2v) is 5.48. The van der Waals surface area contributed by atoms with Crippen LogP contribution in [0.3, 0.4) is 0 Å². The first-order valence-electron chi connectivity index (χ1n) is 6.79. The highest BCUT2D eigenvalue weighted by Gasteiger charge is 2.40. The number of hydrogen-bond donors (Lipinski definition) is 1. The summed E-state index contributed by atoms with van der Waals surface area (Å²) < 4.78 is 5.39. The summed E-state index contributed by atoms with van der Waals surface area (Å²) in [7, 11) is 0. The predicted octanol–water partition coefficient (Wildman–Crippen LogP) is 2.70. The summed E-state index contributed by atoms with van der Waals surface area (Å²) in [6.07, 6.45) is 6.38. The number of fused-ring (bicyclic) bond motifs is 1. The van der Waals surface area contributed by atoms with Crippen LogP contribution in [0.5, 0.6) is 0 Å². The molecule has 0 unspecified atom stereocenters. The number of esters is 1. The van der Waals surface area contributed by atoms with E-state index in [1.54, 1.807) is 0 Å². The van der Waals surface area contributed by atoms with Gasteiger partial charge >= 0.3 is 11.9 Å². The number of carbonyl (C=O) groups excluding carboxylic acids is 1. The molecular weight excluding hydrogens is 244 g/mol. The maximum atomic E-state index is 11.7. The molecule has 0 aromatic carbocycles. The average Bonchev–Trinajstić information content (AvgIpc) is 2.60. The van der Waals surface area contributed by atoms with Crippen molar-refractivity contribution in [1.29, 1.82) is 0 Å². The van der Waals surface area contributed by atoms with Crippen molar-refractivity contribution >= 4 is 11.9 Å². The Balaban J connectivity index is 2.23. The van der Waals surface area contributed by atoms with Gasteiger partial charge in [-0.1, -0.05) is 18.6 Å². The van der Waals surface area contributed by atoms with Gasteiger partial charge in [0.25, 0.3) is 0 Å². The SMILES string of the molecule is C/C1=C\[C@H]2OC(=O)[C@@H](C)[C@@H]2CC/C(C(=O)O)=C/CC1. The van der Waals surface area contributed by atoms with Crippen LogP contribution >= 0.6 is 0 Å². The second kappa shape index (κ2) is 5.59. The summed E-state index contributed by atoms with van der Waals surface area (Å²) in [5, 5.41) is 9.16. The van der Waals surface area contributed by atoms with Gasteiger partial charge in [0, 0.05) is 11.5 Å². The van der Waals surface area contributed by atoms with E-state index in [2.05, 4.69) is 0 Å². The van der Waals surface area contributed by atoms with Crippen molar-refractivity contribution < 1.29 is 19.4 Å². The zero-order chi connectivity index (χ0) is 14.0. The van der Waals surface area contributed by atoms with Gasteiger partial charge in [-0.25, -0.2) is 4.79 Å². The van der Waals surface area contributed by atoms with Gasteiger partial charge in [-0.2, -0.15) is 0 Å². The van der Waals surface area contributed by atoms with Crippen molar-refractivity contribution in [2.45, 2.75) is 45.6 Å². The zero-order valence-electron chi connectivity index (χ0n) is 11.4. The number of aliphatic carboxylic acids is 1. The lowest BCUT2D eigenvalue weighted by molar-refractivity contribution is -0.142. The van der Waals surface area contributed by atoms with Crippen LogP contribution < -0.4 is 0 Å². The summed E-state index contributed by atoms with van der Waals surface area (Å²) in [6, 6.07) is 0. The normalized spacial score (nSPS) is 37.4. The molecule has 1 aliphatic heterocycles. The first-order chi connectivity index (χ1) is 8.99. The molecule has 104 valence electrons. The summed E-state index contributed by atoms with van der Waals surface area (Å²) >= 11 is 0. The minimum absolute atomic E-state index is 0.0864. The van der Waals surface area contributed by atoms with E-state index in [1.807, 2.05) is 26.0 Å². The highest BCUT2D eigenvalue weighted by molar-refractivity contribution is 5.86. The van der Waals surface area contributed by atoms with Crippen LogP contribution in [-0.2, 0) is 14.3 Å². The third kappa shape index (κ3) is 3.06. The van der Waals surface area contributed by atoms with Crippen molar-refractivity contribution in [2.75, 3.05) is 0 Å². The predicted molar refractivity (Wildman–Crippen MR) is 70.5 cm³/mol. The second-order valence-electron chi connectivity index (χ2n) is 5.48. The first kappa shape index (κ1) is 13.8. The van der Waals surface area contributed by atoms with Crippen molar-refractivity contribution in [3.8, 4) is 0 Å². The highest BCUT2D eigenvalue weighted by Crippen LogP contribution is 2.35. The number of carboxylic acid groups (broad SMARTS) is 1. The van der Waals surface area contributed by atoms with Gasteiger partial charge in [0.15, 0.2) is 0 Å². The Hall–Kier alpha value is -1.58. The van der Waals surface area contributed by atoms with Gasteiger partial charge in [-0.15, -0.1) is 0 Å². The number of carboxylic acids is 1. The molecule has 0 radical (unpaired) electrons. The molecule has 4 nitrogen and oxygen atoms in total. The van der Waals surface area contributed by atoms with Gasteiger partial charge < -0.3 is 9.84 Å². The van der Waals surface area contributed by atoms with Crippen molar-refractivity contribution in [1.82, 2.24) is 0 Å². The van der Waals surface area contributed by atoms with E-state index in [4.69, 9.17) is 9.84 Å². The molecule has 4 heteroatoms. The molecule has 0 amide bonds. The fourth-order valence-corrected chi connectivity index (χ4v) is 2.82. The summed E-state index contributed by atoms with van der Waals surface area (Å²) in [5.41, 5.74) is 1.61. The number of rotatable bonds is 1. The van der Waals surface area contributed by atoms with E-state index in [-0.39, 0.29) is 23.9 Å². The van der Waals surface area contributed by atoms with Crippen LogP contribution in [0.2, 0.25) is 0 Å². The van der Waals surface area contributed by atoms with Crippen molar-refractivity contribution in [3.63, 3.8) is 0 Å². The van der Waals surface area contributed by atoms with Gasteiger partial charge in [0.2, 0.25) is 0 Å². The smallest absolute Gasteiger partial charge is 0.331 e. The Bertz CT molecular complexity index is 447. The highest BCUT2D eigenvalue weighted by atomic mass is 16.6. The molecule has 1 aliphatic carbocycles. The third-order valence-electron chi connectivity index (χ3n) is 4.09. The van der Waals surface area contributed by atoms with Crippen LogP contribution in [0.1, 0.15) is 39.5 Å². The minimum Gasteiger partial charge on any atom is -0.478 e. The van der Waals surface area contributed by atoms with E-state index >= 15 is 0 Å².